The largest absolute Gasteiger partial charge is 0.299 e. The number of fused-ring (bicyclic) bond motifs is 1. The third-order valence-electron chi connectivity index (χ3n) is 6.99. The highest BCUT2D eigenvalue weighted by Crippen LogP contribution is 2.44. The Balaban J connectivity index is 0.00000274. The number of hydrogen-bond acceptors (Lipinski definition) is 3. The van der Waals surface area contributed by atoms with Crippen LogP contribution in [0.4, 0.5) is 0 Å². The molecule has 0 amide bonds. The Morgan fingerprint density at radius 3 is 2.09 bits per heavy atom. The van der Waals surface area contributed by atoms with Crippen molar-refractivity contribution in [3.63, 3.8) is 0 Å². The lowest BCUT2D eigenvalue weighted by molar-refractivity contribution is 0.138. The summed E-state index contributed by atoms with van der Waals surface area (Å²) in [6, 6.07) is 27.1. The van der Waals surface area contributed by atoms with Crippen molar-refractivity contribution in [1.29, 1.82) is 0 Å². The number of rotatable bonds is 5. The highest BCUT2D eigenvalue weighted by Gasteiger charge is 2.36. The zero-order valence-corrected chi connectivity index (χ0v) is 21.0. The van der Waals surface area contributed by atoms with E-state index in [4.69, 9.17) is 0 Å². The molecule has 1 aromatic heterocycles. The van der Waals surface area contributed by atoms with Crippen LogP contribution in [0, 0.1) is 0 Å². The minimum Gasteiger partial charge on any atom is -0.299 e. The first-order chi connectivity index (χ1) is 15.9. The molecule has 0 radical (unpaired) electrons. The molecule has 1 atom stereocenters. The fourth-order valence-corrected chi connectivity index (χ4v) is 6.46. The third kappa shape index (κ3) is 3.98. The zero-order valence-electron chi connectivity index (χ0n) is 19.4. The second-order valence-corrected chi connectivity index (χ2v) is 10.7. The summed E-state index contributed by atoms with van der Waals surface area (Å²) in [6.45, 7) is 0. The molecule has 0 aliphatic heterocycles. The van der Waals surface area contributed by atoms with Gasteiger partial charge in [-0.25, -0.2) is 12.4 Å². The molecule has 0 saturated heterocycles. The Morgan fingerprint density at radius 2 is 1.47 bits per heavy atom. The van der Waals surface area contributed by atoms with Gasteiger partial charge in [-0.1, -0.05) is 72.8 Å². The molecule has 0 spiro atoms. The number of nitrogens with zero attached hydrogens (tertiary/aromatic N) is 2. The van der Waals surface area contributed by atoms with E-state index in [0.717, 1.165) is 30.2 Å². The molecule has 1 unspecified atom stereocenters. The first-order valence-corrected chi connectivity index (χ1v) is 12.7. The molecular weight excluding hydrogens is 464 g/mol. The van der Waals surface area contributed by atoms with Crippen molar-refractivity contribution in [2.45, 2.75) is 29.7 Å². The summed E-state index contributed by atoms with van der Waals surface area (Å²) < 4.78 is 28.4. The Bertz CT molecular complexity index is 1430. The van der Waals surface area contributed by atoms with E-state index >= 15 is 0 Å². The Kier molecular flexibility index (Phi) is 6.72. The van der Waals surface area contributed by atoms with Gasteiger partial charge in [0.25, 0.3) is 10.0 Å². The van der Waals surface area contributed by atoms with Gasteiger partial charge < -0.3 is 0 Å². The number of para-hydroxylation sites is 1. The lowest BCUT2D eigenvalue weighted by atomic mass is 9.75. The van der Waals surface area contributed by atoms with Gasteiger partial charge in [0.15, 0.2) is 0 Å². The van der Waals surface area contributed by atoms with Crippen molar-refractivity contribution in [2.24, 2.45) is 0 Å². The van der Waals surface area contributed by atoms with E-state index in [1.54, 1.807) is 24.3 Å². The highest BCUT2D eigenvalue weighted by atomic mass is 35.5. The van der Waals surface area contributed by atoms with Crippen molar-refractivity contribution >= 4 is 38.9 Å². The highest BCUT2D eigenvalue weighted by molar-refractivity contribution is 7.90. The van der Waals surface area contributed by atoms with E-state index < -0.39 is 10.0 Å². The van der Waals surface area contributed by atoms with Crippen LogP contribution >= 0.6 is 12.4 Å². The van der Waals surface area contributed by atoms with Gasteiger partial charge >= 0.3 is 0 Å². The van der Waals surface area contributed by atoms with Crippen molar-refractivity contribution in [1.82, 2.24) is 8.87 Å². The summed E-state index contributed by atoms with van der Waals surface area (Å²) in [5, 5.41) is 0.973. The maximum atomic E-state index is 13.5. The van der Waals surface area contributed by atoms with Crippen molar-refractivity contribution in [2.75, 3.05) is 14.1 Å². The van der Waals surface area contributed by atoms with Crippen LogP contribution in [-0.4, -0.2) is 31.4 Å². The monoisotopic (exact) mass is 492 g/mol. The molecule has 4 nitrogen and oxygen atoms in total. The number of allylic oxidation sites excluding steroid dienone is 1. The van der Waals surface area contributed by atoms with Gasteiger partial charge in [-0.15, -0.1) is 12.4 Å². The van der Waals surface area contributed by atoms with E-state index in [1.165, 1.54) is 15.1 Å². The fraction of sp³-hybridized carbons (Fsp3) is 0.214. The van der Waals surface area contributed by atoms with Gasteiger partial charge in [0.2, 0.25) is 0 Å². The summed E-state index contributed by atoms with van der Waals surface area (Å²) in [4.78, 5) is 2.62. The maximum Gasteiger partial charge on any atom is 0.268 e. The molecule has 0 saturated carbocycles. The summed E-state index contributed by atoms with van der Waals surface area (Å²) >= 11 is 0. The predicted molar refractivity (Wildman–Crippen MR) is 142 cm³/mol. The van der Waals surface area contributed by atoms with Crippen LogP contribution in [0.1, 0.15) is 30.4 Å². The quantitative estimate of drug-likeness (QED) is 0.327. The molecule has 4 aromatic rings. The van der Waals surface area contributed by atoms with E-state index in [9.17, 15) is 8.42 Å². The molecule has 1 heterocycles. The second kappa shape index (κ2) is 9.41. The summed E-state index contributed by atoms with van der Waals surface area (Å²) in [5.41, 5.74) is 4.19. The number of hydrogen-bond donors (Lipinski definition) is 0. The average Bonchev–Trinajstić information content (AvgIpc) is 3.26. The Labute approximate surface area is 208 Å². The first-order valence-electron chi connectivity index (χ1n) is 11.3. The molecule has 176 valence electrons. The minimum atomic E-state index is -3.68. The SMILES string of the molecule is CN(C)C1(c2ccccc2)CC=C(c2cn(S(=O)(=O)c3ccccc3)c3ccccc23)CC1.Cl. The van der Waals surface area contributed by atoms with Crippen LogP contribution in [0.3, 0.4) is 0 Å². The third-order valence-corrected chi connectivity index (χ3v) is 8.67. The van der Waals surface area contributed by atoms with Gasteiger partial charge in [0.1, 0.15) is 0 Å². The lowest BCUT2D eigenvalue weighted by Gasteiger charge is -2.43. The first kappa shape index (κ1) is 24.3. The van der Waals surface area contributed by atoms with E-state index in [2.05, 4.69) is 55.4 Å². The maximum absolute atomic E-state index is 13.5. The van der Waals surface area contributed by atoms with Crippen molar-refractivity contribution in [3.8, 4) is 0 Å². The van der Waals surface area contributed by atoms with Gasteiger partial charge in [-0.2, -0.15) is 0 Å². The fourth-order valence-electron chi connectivity index (χ4n) is 5.07. The summed E-state index contributed by atoms with van der Waals surface area (Å²) in [7, 11) is 0.605. The van der Waals surface area contributed by atoms with Gasteiger partial charge in [-0.3, -0.25) is 4.90 Å². The second-order valence-electron chi connectivity index (χ2n) is 8.90. The Morgan fingerprint density at radius 1 is 0.853 bits per heavy atom. The topological polar surface area (TPSA) is 42.3 Å². The molecular formula is C28H29ClN2O2S. The number of benzene rings is 3. The smallest absolute Gasteiger partial charge is 0.268 e. The molecule has 6 heteroatoms. The normalized spacial score (nSPS) is 18.5. The number of halogens is 1. The van der Waals surface area contributed by atoms with E-state index in [-0.39, 0.29) is 17.9 Å². The standard InChI is InChI=1S/C28H28N2O2S.ClH/c1-29(2)28(23-11-5-3-6-12-23)19-17-22(18-20-28)26-21-30(27-16-10-9-15-25(26)27)33(31,32)24-13-7-4-8-14-24;/h3-17,21H,18-20H2,1-2H3;1H. The molecule has 1 aliphatic carbocycles. The summed E-state index contributed by atoms with van der Waals surface area (Å²) in [5.74, 6) is 0. The van der Waals surface area contributed by atoms with Crippen LogP contribution in [0.25, 0.3) is 16.5 Å². The van der Waals surface area contributed by atoms with Gasteiger partial charge in [0.05, 0.1) is 10.4 Å². The molecule has 1 aliphatic rings. The van der Waals surface area contributed by atoms with Crippen LogP contribution in [-0.2, 0) is 15.6 Å². The molecule has 5 rings (SSSR count). The molecule has 0 N–H and O–H groups in total. The van der Waals surface area contributed by atoms with Crippen LogP contribution in [0.2, 0.25) is 0 Å². The van der Waals surface area contributed by atoms with Crippen molar-refractivity contribution in [3.05, 3.63) is 108 Å². The zero-order chi connectivity index (χ0) is 23.1. The number of aromatic nitrogens is 1. The van der Waals surface area contributed by atoms with Crippen molar-refractivity contribution < 1.29 is 8.42 Å². The molecule has 3 aromatic carbocycles. The van der Waals surface area contributed by atoms with Crippen LogP contribution in [0.15, 0.2) is 102 Å². The lowest BCUT2D eigenvalue weighted by Crippen LogP contribution is -2.42. The minimum absolute atomic E-state index is 0. The van der Waals surface area contributed by atoms with Gasteiger partial charge in [0, 0.05) is 22.7 Å². The molecule has 0 bridgehead atoms. The summed E-state index contributed by atoms with van der Waals surface area (Å²) in [6.07, 6.45) is 6.85. The van der Waals surface area contributed by atoms with Gasteiger partial charge in [-0.05, 0) is 62.7 Å². The van der Waals surface area contributed by atoms with E-state index in [1.807, 2.05) is 36.5 Å². The Hall–Kier alpha value is -2.86. The average molecular weight is 493 g/mol. The van der Waals surface area contributed by atoms with Crippen LogP contribution < -0.4 is 0 Å². The molecule has 34 heavy (non-hydrogen) atoms. The van der Waals surface area contributed by atoms with E-state index in [0.29, 0.717) is 10.4 Å². The predicted octanol–water partition coefficient (Wildman–Crippen LogP) is 6.32. The van der Waals surface area contributed by atoms with Crippen LogP contribution in [0.5, 0.6) is 0 Å². The molecule has 0 fully saturated rings.